The average molecular weight is 739 g/mol. The van der Waals surface area contributed by atoms with Crippen LogP contribution in [0.2, 0.25) is 15.1 Å². The summed E-state index contributed by atoms with van der Waals surface area (Å²) in [6.45, 7) is 4.20. The zero-order valence-corrected chi connectivity index (χ0v) is 30.7. The second kappa shape index (κ2) is 15.8. The van der Waals surface area contributed by atoms with Crippen LogP contribution in [0, 0.1) is 0 Å². The summed E-state index contributed by atoms with van der Waals surface area (Å²) in [5, 5.41) is 13.6. The number of methoxy groups -OCH3 is 2. The predicted octanol–water partition coefficient (Wildman–Crippen LogP) is 10.9. The summed E-state index contributed by atoms with van der Waals surface area (Å²) in [5.74, 6) is 1.58. The molecule has 7 aromatic rings. The van der Waals surface area contributed by atoms with E-state index in [2.05, 4.69) is 27.7 Å². The predicted molar refractivity (Wildman–Crippen MR) is 215 cm³/mol. The molecule has 0 aliphatic carbocycles. The highest BCUT2D eigenvalue weighted by Gasteiger charge is 2.14. The number of benzene rings is 5. The van der Waals surface area contributed by atoms with Crippen molar-refractivity contribution in [1.82, 2.24) is 14.9 Å². The van der Waals surface area contributed by atoms with Crippen molar-refractivity contribution in [3.8, 4) is 11.5 Å². The van der Waals surface area contributed by atoms with E-state index in [9.17, 15) is 0 Å². The van der Waals surface area contributed by atoms with E-state index in [1.165, 1.54) is 5.56 Å². The summed E-state index contributed by atoms with van der Waals surface area (Å²) in [7, 11) is 3.36. The topological polar surface area (TPSA) is 71.5 Å². The summed E-state index contributed by atoms with van der Waals surface area (Å²) in [6, 6.07) is 31.8. The summed E-state index contributed by atoms with van der Waals surface area (Å²) < 4.78 is 11.1. The first-order chi connectivity index (χ1) is 24.9. The molecule has 0 atom stereocenters. The van der Waals surface area contributed by atoms with Gasteiger partial charge in [0.1, 0.15) is 11.5 Å². The number of halogens is 3. The Bertz CT molecular complexity index is 2190. The van der Waals surface area contributed by atoms with Crippen molar-refractivity contribution in [2.24, 2.45) is 0 Å². The van der Waals surface area contributed by atoms with E-state index in [1.807, 2.05) is 84.9 Å². The maximum atomic E-state index is 6.35. The van der Waals surface area contributed by atoms with Crippen molar-refractivity contribution in [1.29, 1.82) is 0 Å². The van der Waals surface area contributed by atoms with Gasteiger partial charge in [0.15, 0.2) is 0 Å². The third-order valence-corrected chi connectivity index (χ3v) is 9.83. The summed E-state index contributed by atoms with van der Waals surface area (Å²) in [5.41, 5.74) is 6.79. The molecular weight excluding hydrogens is 701 g/mol. The van der Waals surface area contributed by atoms with E-state index in [4.69, 9.17) is 54.2 Å². The van der Waals surface area contributed by atoms with Crippen LogP contribution >= 0.6 is 34.8 Å². The van der Waals surface area contributed by atoms with E-state index in [1.54, 1.807) is 14.2 Å². The smallest absolute Gasteiger partial charge is 0.119 e. The second-order valence-electron chi connectivity index (χ2n) is 12.5. The minimum atomic E-state index is 0.663. The Morgan fingerprint density at radius 2 is 1.00 bits per heavy atom. The first-order valence-corrected chi connectivity index (χ1v) is 18.1. The van der Waals surface area contributed by atoms with E-state index >= 15 is 0 Å². The number of rotatable bonds is 14. The first kappa shape index (κ1) is 34.9. The number of hydrogen-bond acceptors (Lipinski definition) is 7. The van der Waals surface area contributed by atoms with Crippen molar-refractivity contribution >= 4 is 89.8 Å². The standard InChI is InChI=1S/C41H38Cl3N5O2/c1-50-30-11-15-36-34(23-30)40(32-13-9-28(43)21-38(32)47-36)45-17-3-19-49(25-26-5-7-27(42)8-6-26)20-4-18-46-41-33-14-10-29(44)22-39(33)48-37-16-12-31(51-2)24-35(37)41/h5-16,21-24H,3-4,17-20,25H2,1-2H3,(H,45,47)(H,46,48). The minimum Gasteiger partial charge on any atom is -0.497 e. The summed E-state index contributed by atoms with van der Waals surface area (Å²) >= 11 is 18.9. The molecule has 7 nitrogen and oxygen atoms in total. The van der Waals surface area contributed by atoms with Gasteiger partial charge in [-0.3, -0.25) is 4.90 Å². The van der Waals surface area contributed by atoms with Gasteiger partial charge in [0.05, 0.1) is 47.7 Å². The van der Waals surface area contributed by atoms with Gasteiger partial charge in [0, 0.05) is 69.3 Å². The first-order valence-electron chi connectivity index (χ1n) is 17.0. The molecule has 0 bridgehead atoms. The molecule has 5 aromatic carbocycles. The lowest BCUT2D eigenvalue weighted by Gasteiger charge is -2.23. The SMILES string of the molecule is COc1ccc2nc3cc(Cl)ccc3c(NCCCN(CCCNc3c4ccc(Cl)cc4nc4ccc(OC)cc34)Cc3ccc(Cl)cc3)c2c1. The number of anilines is 2. The van der Waals surface area contributed by atoms with Crippen LogP contribution in [0.15, 0.2) is 97.1 Å². The zero-order valence-electron chi connectivity index (χ0n) is 28.5. The molecule has 0 saturated heterocycles. The molecule has 2 aromatic heterocycles. The van der Waals surface area contributed by atoms with Crippen LogP contribution in [0.4, 0.5) is 11.4 Å². The molecule has 10 heteroatoms. The molecule has 51 heavy (non-hydrogen) atoms. The highest BCUT2D eigenvalue weighted by Crippen LogP contribution is 2.36. The number of pyridine rings is 2. The monoisotopic (exact) mass is 737 g/mol. The van der Waals surface area contributed by atoms with Crippen LogP contribution in [0.5, 0.6) is 11.5 Å². The molecule has 7 rings (SSSR count). The lowest BCUT2D eigenvalue weighted by molar-refractivity contribution is 0.264. The summed E-state index contributed by atoms with van der Waals surface area (Å²) in [4.78, 5) is 12.3. The van der Waals surface area contributed by atoms with Crippen molar-refractivity contribution in [2.75, 3.05) is 51.0 Å². The van der Waals surface area contributed by atoms with Gasteiger partial charge in [0.25, 0.3) is 0 Å². The molecule has 0 fully saturated rings. The average Bonchev–Trinajstić information content (AvgIpc) is 3.14. The van der Waals surface area contributed by atoms with Crippen LogP contribution in [0.3, 0.4) is 0 Å². The molecule has 0 spiro atoms. The van der Waals surface area contributed by atoms with Gasteiger partial charge in [0.2, 0.25) is 0 Å². The van der Waals surface area contributed by atoms with Crippen molar-refractivity contribution in [3.63, 3.8) is 0 Å². The van der Waals surface area contributed by atoms with Gasteiger partial charge in [-0.05, 0) is 103 Å². The summed E-state index contributed by atoms with van der Waals surface area (Å²) in [6.07, 6.45) is 1.87. The highest BCUT2D eigenvalue weighted by atomic mass is 35.5. The normalized spacial score (nSPS) is 11.6. The third kappa shape index (κ3) is 8.03. The molecule has 0 aliphatic heterocycles. The largest absolute Gasteiger partial charge is 0.497 e. The molecule has 0 unspecified atom stereocenters. The number of fused-ring (bicyclic) bond motifs is 4. The molecule has 2 heterocycles. The number of hydrogen-bond donors (Lipinski definition) is 2. The van der Waals surface area contributed by atoms with Crippen LogP contribution < -0.4 is 20.1 Å². The molecular formula is C41H38Cl3N5O2. The lowest BCUT2D eigenvalue weighted by atomic mass is 10.1. The van der Waals surface area contributed by atoms with Crippen LogP contribution in [0.25, 0.3) is 43.6 Å². The van der Waals surface area contributed by atoms with Gasteiger partial charge in [-0.1, -0.05) is 46.9 Å². The Balaban J connectivity index is 1.07. The van der Waals surface area contributed by atoms with Crippen LogP contribution in [-0.2, 0) is 6.54 Å². The van der Waals surface area contributed by atoms with Crippen molar-refractivity contribution in [3.05, 3.63) is 118 Å². The van der Waals surface area contributed by atoms with E-state index < -0.39 is 0 Å². The molecule has 0 aliphatic rings. The Morgan fingerprint density at radius 1 is 0.529 bits per heavy atom. The third-order valence-electron chi connectivity index (χ3n) is 9.11. The van der Waals surface area contributed by atoms with E-state index in [0.29, 0.717) is 10.0 Å². The Hall–Kier alpha value is -4.53. The minimum absolute atomic E-state index is 0.663. The van der Waals surface area contributed by atoms with Crippen molar-refractivity contribution in [2.45, 2.75) is 19.4 Å². The molecule has 260 valence electrons. The zero-order chi connectivity index (χ0) is 35.3. The van der Waals surface area contributed by atoms with Crippen LogP contribution in [0.1, 0.15) is 18.4 Å². The Labute approximate surface area is 312 Å². The van der Waals surface area contributed by atoms with E-state index in [0.717, 1.165) is 117 Å². The molecule has 0 saturated carbocycles. The van der Waals surface area contributed by atoms with Crippen LogP contribution in [-0.4, -0.2) is 55.3 Å². The fourth-order valence-corrected chi connectivity index (χ4v) is 7.04. The Morgan fingerprint density at radius 3 is 1.47 bits per heavy atom. The molecule has 0 radical (unpaired) electrons. The maximum Gasteiger partial charge on any atom is 0.119 e. The van der Waals surface area contributed by atoms with Gasteiger partial charge < -0.3 is 20.1 Å². The fourth-order valence-electron chi connectivity index (χ4n) is 6.58. The second-order valence-corrected chi connectivity index (χ2v) is 13.8. The number of aromatic nitrogens is 2. The molecule has 2 N–H and O–H groups in total. The van der Waals surface area contributed by atoms with Gasteiger partial charge >= 0.3 is 0 Å². The Kier molecular flexibility index (Phi) is 10.8. The highest BCUT2D eigenvalue weighted by molar-refractivity contribution is 6.32. The number of nitrogens with one attached hydrogen (secondary N) is 2. The number of ether oxygens (including phenoxy) is 2. The maximum absolute atomic E-state index is 6.35. The lowest BCUT2D eigenvalue weighted by Crippen LogP contribution is -2.28. The quantitative estimate of drug-likeness (QED) is 0.0850. The van der Waals surface area contributed by atoms with Gasteiger partial charge in [-0.25, -0.2) is 9.97 Å². The van der Waals surface area contributed by atoms with E-state index in [-0.39, 0.29) is 0 Å². The van der Waals surface area contributed by atoms with Gasteiger partial charge in [-0.2, -0.15) is 0 Å². The fraction of sp³-hybridized carbons (Fsp3) is 0.220. The number of nitrogens with zero attached hydrogens (tertiary/aromatic N) is 3. The van der Waals surface area contributed by atoms with Gasteiger partial charge in [-0.15, -0.1) is 0 Å². The molecule has 0 amide bonds. The van der Waals surface area contributed by atoms with Crippen molar-refractivity contribution < 1.29 is 9.47 Å².